The van der Waals surface area contributed by atoms with Gasteiger partial charge in [0.05, 0.1) is 17.7 Å². The van der Waals surface area contributed by atoms with Crippen LogP contribution < -0.4 is 14.4 Å². The zero-order valence-corrected chi connectivity index (χ0v) is 23.3. The summed E-state index contributed by atoms with van der Waals surface area (Å²) in [6, 6.07) is 19.8. The smallest absolute Gasteiger partial charge is 0.264 e. The van der Waals surface area contributed by atoms with Crippen molar-refractivity contribution in [3.63, 3.8) is 0 Å². The average molecular weight is 538 g/mol. The Morgan fingerprint density at radius 2 is 1.55 bits per heavy atom. The van der Waals surface area contributed by atoms with Gasteiger partial charge in [-0.1, -0.05) is 47.5 Å². The highest BCUT2D eigenvalue weighted by Crippen LogP contribution is 2.25. The number of sulfonamides is 1. The molecule has 0 fully saturated rings. The number of hydrogen-bond donors (Lipinski definition) is 1. The van der Waals surface area contributed by atoms with Crippen molar-refractivity contribution in [3.05, 3.63) is 89.5 Å². The number of ether oxygens (including phenoxy) is 1. The molecular formula is C29H35N3O5S. The summed E-state index contributed by atoms with van der Waals surface area (Å²) in [5.74, 6) is -0.223. The molecular weight excluding hydrogens is 502 g/mol. The number of aryl methyl sites for hydroxylation is 2. The van der Waals surface area contributed by atoms with E-state index < -0.39 is 28.5 Å². The molecule has 0 spiro atoms. The van der Waals surface area contributed by atoms with E-state index in [0.717, 1.165) is 21.0 Å². The number of anilines is 1. The highest BCUT2D eigenvalue weighted by atomic mass is 32.2. The Balaban J connectivity index is 2.02. The van der Waals surface area contributed by atoms with Gasteiger partial charge < -0.3 is 15.0 Å². The molecule has 0 unspecified atom stereocenters. The van der Waals surface area contributed by atoms with E-state index in [4.69, 9.17) is 4.74 Å². The normalized spacial score (nSPS) is 11.9. The Bertz CT molecular complexity index is 1360. The van der Waals surface area contributed by atoms with Crippen molar-refractivity contribution in [2.75, 3.05) is 24.5 Å². The van der Waals surface area contributed by atoms with E-state index in [1.807, 2.05) is 19.9 Å². The maximum absolute atomic E-state index is 13.8. The van der Waals surface area contributed by atoms with Crippen molar-refractivity contribution < 1.29 is 22.7 Å². The number of rotatable bonds is 11. The third-order valence-corrected chi connectivity index (χ3v) is 8.00. The summed E-state index contributed by atoms with van der Waals surface area (Å²) in [5.41, 5.74) is 2.98. The zero-order valence-electron chi connectivity index (χ0n) is 22.5. The Labute approximate surface area is 225 Å². The molecule has 0 aromatic heterocycles. The third kappa shape index (κ3) is 6.92. The molecule has 0 radical (unpaired) electrons. The molecule has 202 valence electrons. The molecule has 8 nitrogen and oxygen atoms in total. The summed E-state index contributed by atoms with van der Waals surface area (Å²) < 4.78 is 34.0. The summed E-state index contributed by atoms with van der Waals surface area (Å²) in [6.45, 7) is 7.23. The Kier molecular flexibility index (Phi) is 9.52. The van der Waals surface area contributed by atoms with Crippen molar-refractivity contribution in [2.45, 2.75) is 45.2 Å². The first-order valence-corrected chi connectivity index (χ1v) is 13.9. The van der Waals surface area contributed by atoms with Crippen molar-refractivity contribution >= 4 is 27.5 Å². The largest absolute Gasteiger partial charge is 0.497 e. The molecule has 1 atom stereocenters. The van der Waals surface area contributed by atoms with Crippen LogP contribution in [0.25, 0.3) is 0 Å². The first kappa shape index (κ1) is 28.7. The molecule has 0 saturated carbocycles. The molecule has 0 aliphatic rings. The first-order valence-electron chi connectivity index (χ1n) is 12.4. The second-order valence-corrected chi connectivity index (χ2v) is 11.0. The summed E-state index contributed by atoms with van der Waals surface area (Å²) in [4.78, 5) is 28.1. The van der Waals surface area contributed by atoms with Crippen molar-refractivity contribution in [3.8, 4) is 5.75 Å². The second-order valence-electron chi connectivity index (χ2n) is 9.10. The molecule has 3 rings (SSSR count). The van der Waals surface area contributed by atoms with Gasteiger partial charge >= 0.3 is 0 Å². The maximum atomic E-state index is 13.8. The van der Waals surface area contributed by atoms with Gasteiger partial charge in [-0.15, -0.1) is 0 Å². The van der Waals surface area contributed by atoms with Gasteiger partial charge in [-0.2, -0.15) is 0 Å². The van der Waals surface area contributed by atoms with Gasteiger partial charge in [0.25, 0.3) is 10.0 Å². The van der Waals surface area contributed by atoms with Crippen LogP contribution in [0.15, 0.2) is 77.7 Å². The van der Waals surface area contributed by atoms with Crippen LogP contribution in [0.4, 0.5) is 5.69 Å². The molecule has 0 saturated heterocycles. The predicted molar refractivity (Wildman–Crippen MR) is 149 cm³/mol. The van der Waals surface area contributed by atoms with Crippen LogP contribution in [0, 0.1) is 13.8 Å². The van der Waals surface area contributed by atoms with Crippen LogP contribution in [0.5, 0.6) is 5.75 Å². The van der Waals surface area contributed by atoms with E-state index >= 15 is 0 Å². The van der Waals surface area contributed by atoms with Crippen LogP contribution >= 0.6 is 0 Å². The van der Waals surface area contributed by atoms with Gasteiger partial charge in [0.2, 0.25) is 11.8 Å². The Morgan fingerprint density at radius 3 is 2.13 bits per heavy atom. The van der Waals surface area contributed by atoms with Crippen molar-refractivity contribution in [1.82, 2.24) is 10.2 Å². The molecule has 1 N–H and O–H groups in total. The number of methoxy groups -OCH3 is 1. The minimum atomic E-state index is -4.09. The number of nitrogens with zero attached hydrogens (tertiary/aromatic N) is 2. The average Bonchev–Trinajstić information content (AvgIpc) is 2.91. The second kappa shape index (κ2) is 12.6. The quantitative estimate of drug-likeness (QED) is 0.398. The van der Waals surface area contributed by atoms with E-state index in [0.29, 0.717) is 18.0 Å². The summed E-state index contributed by atoms with van der Waals surface area (Å²) in [7, 11) is -2.54. The molecule has 0 aliphatic heterocycles. The third-order valence-electron chi connectivity index (χ3n) is 6.22. The minimum Gasteiger partial charge on any atom is -0.497 e. The Morgan fingerprint density at radius 1 is 0.947 bits per heavy atom. The lowest BCUT2D eigenvalue weighted by Crippen LogP contribution is -2.51. The number of carbonyl (C=O) groups excluding carboxylic acids is 2. The summed E-state index contributed by atoms with van der Waals surface area (Å²) in [5, 5.41) is 2.75. The van der Waals surface area contributed by atoms with E-state index in [1.54, 1.807) is 75.6 Å². The van der Waals surface area contributed by atoms with Crippen LogP contribution in [0.1, 0.15) is 30.5 Å². The zero-order chi connectivity index (χ0) is 27.9. The highest BCUT2D eigenvalue weighted by Gasteiger charge is 2.32. The molecule has 3 aromatic rings. The molecule has 9 heteroatoms. The SMILES string of the molecule is CCNC(=O)[C@H](C)N(Cc1cccc(OC)c1)C(=O)CN(c1ccc(C)cc1)S(=O)(=O)c1ccc(C)cc1. The first-order chi connectivity index (χ1) is 18.1. The summed E-state index contributed by atoms with van der Waals surface area (Å²) >= 11 is 0. The molecule has 0 heterocycles. The Hall–Kier alpha value is -3.85. The molecule has 0 bridgehead atoms. The molecule has 38 heavy (non-hydrogen) atoms. The van der Waals surface area contributed by atoms with E-state index in [1.165, 1.54) is 17.0 Å². The fourth-order valence-electron chi connectivity index (χ4n) is 3.95. The van der Waals surface area contributed by atoms with Gasteiger partial charge in [0.15, 0.2) is 0 Å². The monoisotopic (exact) mass is 537 g/mol. The van der Waals surface area contributed by atoms with Crippen LogP contribution in [-0.2, 0) is 26.2 Å². The fourth-order valence-corrected chi connectivity index (χ4v) is 5.36. The van der Waals surface area contributed by atoms with Gasteiger partial charge in [-0.05, 0) is 69.7 Å². The standard InChI is InChI=1S/C29H35N3O5S/c1-6-30-29(34)23(4)31(19-24-8-7-9-26(18-24)37-5)28(33)20-32(25-14-10-21(2)11-15-25)38(35,36)27-16-12-22(3)13-17-27/h7-18,23H,6,19-20H2,1-5H3,(H,30,34)/t23-/m0/s1. The number of benzene rings is 3. The molecule has 3 aromatic carbocycles. The highest BCUT2D eigenvalue weighted by molar-refractivity contribution is 7.92. The number of likely N-dealkylation sites (N-methyl/N-ethyl adjacent to an activating group) is 1. The van der Waals surface area contributed by atoms with E-state index in [2.05, 4.69) is 5.32 Å². The summed E-state index contributed by atoms with van der Waals surface area (Å²) in [6.07, 6.45) is 0. The lowest BCUT2D eigenvalue weighted by molar-refractivity contribution is -0.139. The van der Waals surface area contributed by atoms with E-state index in [-0.39, 0.29) is 17.3 Å². The molecule has 0 aliphatic carbocycles. The van der Waals surface area contributed by atoms with E-state index in [9.17, 15) is 18.0 Å². The topological polar surface area (TPSA) is 96.0 Å². The van der Waals surface area contributed by atoms with Crippen LogP contribution in [-0.4, -0.2) is 51.4 Å². The lowest BCUT2D eigenvalue weighted by atomic mass is 10.1. The molecule has 2 amide bonds. The van der Waals surface area contributed by atoms with Gasteiger partial charge in [-0.3, -0.25) is 13.9 Å². The van der Waals surface area contributed by atoms with Crippen LogP contribution in [0.3, 0.4) is 0 Å². The lowest BCUT2D eigenvalue weighted by Gasteiger charge is -2.32. The van der Waals surface area contributed by atoms with Crippen molar-refractivity contribution in [2.24, 2.45) is 0 Å². The maximum Gasteiger partial charge on any atom is 0.264 e. The predicted octanol–water partition coefficient (Wildman–Crippen LogP) is 4.06. The number of nitrogens with one attached hydrogen (secondary N) is 1. The van der Waals surface area contributed by atoms with Crippen LogP contribution in [0.2, 0.25) is 0 Å². The number of carbonyl (C=O) groups is 2. The van der Waals surface area contributed by atoms with Crippen molar-refractivity contribution in [1.29, 1.82) is 0 Å². The number of amides is 2. The van der Waals surface area contributed by atoms with Gasteiger partial charge in [-0.25, -0.2) is 8.42 Å². The van der Waals surface area contributed by atoms with Gasteiger partial charge in [0, 0.05) is 13.1 Å². The fraction of sp³-hybridized carbons (Fsp3) is 0.310. The number of hydrogen-bond acceptors (Lipinski definition) is 5. The van der Waals surface area contributed by atoms with Gasteiger partial charge in [0.1, 0.15) is 18.3 Å². The minimum absolute atomic E-state index is 0.0765.